The molecule has 6 heteroatoms. The van der Waals surface area contributed by atoms with Gasteiger partial charge in [0.05, 0.1) is 6.61 Å². The fraction of sp³-hybridized carbons (Fsp3) is 0.360. The van der Waals surface area contributed by atoms with Gasteiger partial charge >= 0.3 is 5.97 Å². The molecule has 162 valence electrons. The van der Waals surface area contributed by atoms with Gasteiger partial charge in [-0.05, 0) is 61.6 Å². The van der Waals surface area contributed by atoms with Crippen LogP contribution >= 0.6 is 11.6 Å². The number of carbonyl (C=O) groups excluding carboxylic acids is 1. The number of benzene rings is 2. The molecule has 0 unspecified atom stereocenters. The van der Waals surface area contributed by atoms with Crippen molar-refractivity contribution < 1.29 is 9.53 Å². The second-order valence-corrected chi connectivity index (χ2v) is 9.17. The second kappa shape index (κ2) is 8.75. The summed E-state index contributed by atoms with van der Waals surface area (Å²) in [6.07, 6.45) is 2.39. The minimum Gasteiger partial charge on any atom is -0.461 e. The van der Waals surface area contributed by atoms with Crippen molar-refractivity contribution in [2.45, 2.75) is 33.6 Å². The van der Waals surface area contributed by atoms with Gasteiger partial charge in [0.1, 0.15) is 11.5 Å². The number of aromatic amines is 1. The first-order valence-corrected chi connectivity index (χ1v) is 11.1. The first kappa shape index (κ1) is 21.4. The quantitative estimate of drug-likeness (QED) is 0.483. The Morgan fingerprint density at radius 3 is 2.29 bits per heavy atom. The van der Waals surface area contributed by atoms with Crippen LogP contribution in [0.1, 0.15) is 44.1 Å². The van der Waals surface area contributed by atoms with E-state index in [4.69, 9.17) is 21.3 Å². The maximum atomic E-state index is 12.5. The number of H-pyrrole nitrogens is 1. The van der Waals surface area contributed by atoms with E-state index in [2.05, 4.69) is 48.0 Å². The Balaban J connectivity index is 1.62. The maximum Gasteiger partial charge on any atom is 0.357 e. The molecule has 0 bridgehead atoms. The second-order valence-electron chi connectivity index (χ2n) is 8.73. The van der Waals surface area contributed by atoms with Gasteiger partial charge in [0, 0.05) is 34.9 Å². The number of piperidine rings is 1. The fourth-order valence-electron chi connectivity index (χ4n) is 3.88. The van der Waals surface area contributed by atoms with Crippen molar-refractivity contribution in [3.63, 3.8) is 0 Å². The number of hydrogen-bond acceptors (Lipinski definition) is 4. The number of nitrogens with zero attached hydrogens (tertiary/aromatic N) is 2. The Morgan fingerprint density at radius 1 is 1.06 bits per heavy atom. The smallest absolute Gasteiger partial charge is 0.357 e. The number of halogens is 1. The van der Waals surface area contributed by atoms with Crippen LogP contribution in [0.4, 0.5) is 5.69 Å². The van der Waals surface area contributed by atoms with Crippen LogP contribution in [0.5, 0.6) is 0 Å². The highest BCUT2D eigenvalue weighted by Gasteiger charge is 2.25. The molecule has 1 aliphatic rings. The van der Waals surface area contributed by atoms with Gasteiger partial charge in [-0.25, -0.2) is 9.78 Å². The highest BCUT2D eigenvalue weighted by molar-refractivity contribution is 6.30. The van der Waals surface area contributed by atoms with Crippen LogP contribution in [0, 0.1) is 5.41 Å². The molecule has 1 aromatic heterocycles. The Morgan fingerprint density at radius 2 is 1.68 bits per heavy atom. The molecule has 0 spiro atoms. The lowest BCUT2D eigenvalue weighted by Crippen LogP contribution is -2.37. The first-order chi connectivity index (χ1) is 14.9. The zero-order valence-electron chi connectivity index (χ0n) is 18.2. The molecular weight excluding hydrogens is 410 g/mol. The number of nitrogens with one attached hydrogen (secondary N) is 1. The number of anilines is 1. The molecule has 4 rings (SSSR count). The van der Waals surface area contributed by atoms with Crippen molar-refractivity contribution in [3.05, 3.63) is 59.2 Å². The van der Waals surface area contributed by atoms with Crippen molar-refractivity contribution in [3.8, 4) is 22.6 Å². The van der Waals surface area contributed by atoms with E-state index >= 15 is 0 Å². The summed E-state index contributed by atoms with van der Waals surface area (Å²) in [5.41, 5.74) is 4.28. The zero-order chi connectivity index (χ0) is 22.0. The normalized spacial score (nSPS) is 15.7. The van der Waals surface area contributed by atoms with Crippen LogP contribution in [0.2, 0.25) is 5.02 Å². The number of ether oxygens (including phenoxy) is 1. The minimum absolute atomic E-state index is 0.300. The van der Waals surface area contributed by atoms with E-state index in [9.17, 15) is 4.79 Å². The van der Waals surface area contributed by atoms with Gasteiger partial charge in [-0.15, -0.1) is 0 Å². The first-order valence-electron chi connectivity index (χ1n) is 10.7. The third kappa shape index (κ3) is 4.77. The lowest BCUT2D eigenvalue weighted by molar-refractivity contribution is 0.0521. The van der Waals surface area contributed by atoms with Crippen LogP contribution in [0.15, 0.2) is 48.5 Å². The zero-order valence-corrected chi connectivity index (χ0v) is 19.0. The van der Waals surface area contributed by atoms with Crippen molar-refractivity contribution in [1.29, 1.82) is 0 Å². The van der Waals surface area contributed by atoms with Crippen LogP contribution in [0.25, 0.3) is 22.6 Å². The fourth-order valence-corrected chi connectivity index (χ4v) is 4.00. The molecular formula is C25H28ClN3O2. The van der Waals surface area contributed by atoms with Gasteiger partial charge in [0.25, 0.3) is 0 Å². The van der Waals surface area contributed by atoms with Gasteiger partial charge < -0.3 is 14.6 Å². The number of rotatable bonds is 5. The molecule has 1 aliphatic heterocycles. The van der Waals surface area contributed by atoms with E-state index in [0.29, 0.717) is 34.3 Å². The lowest BCUT2D eigenvalue weighted by atomic mass is 9.82. The Labute approximate surface area is 188 Å². The van der Waals surface area contributed by atoms with E-state index in [1.165, 1.54) is 18.5 Å². The number of carbonyl (C=O) groups is 1. The Kier molecular flexibility index (Phi) is 6.05. The molecule has 1 saturated heterocycles. The number of hydrogen-bond donors (Lipinski definition) is 1. The average molecular weight is 438 g/mol. The van der Waals surface area contributed by atoms with E-state index in [0.717, 1.165) is 24.2 Å². The Hall–Kier alpha value is -2.79. The van der Waals surface area contributed by atoms with Gasteiger partial charge in [-0.3, -0.25) is 0 Å². The van der Waals surface area contributed by atoms with Crippen LogP contribution in [-0.2, 0) is 4.74 Å². The summed E-state index contributed by atoms with van der Waals surface area (Å²) in [5.74, 6) is 0.220. The predicted molar refractivity (Wildman–Crippen MR) is 126 cm³/mol. The topological polar surface area (TPSA) is 58.2 Å². The highest BCUT2D eigenvalue weighted by atomic mass is 35.5. The summed E-state index contributed by atoms with van der Waals surface area (Å²) in [6.45, 7) is 8.90. The summed E-state index contributed by atoms with van der Waals surface area (Å²) < 4.78 is 5.24. The minimum atomic E-state index is -0.418. The summed E-state index contributed by atoms with van der Waals surface area (Å²) >= 11 is 6.02. The molecule has 1 N–H and O–H groups in total. The monoisotopic (exact) mass is 437 g/mol. The van der Waals surface area contributed by atoms with Crippen molar-refractivity contribution in [1.82, 2.24) is 9.97 Å². The third-order valence-corrected chi connectivity index (χ3v) is 6.18. The van der Waals surface area contributed by atoms with E-state index in [-0.39, 0.29) is 0 Å². The molecule has 0 aliphatic carbocycles. The molecule has 0 radical (unpaired) electrons. The van der Waals surface area contributed by atoms with Crippen LogP contribution in [0.3, 0.4) is 0 Å². The molecule has 1 fully saturated rings. The SMILES string of the molecule is CCOC(=O)c1[nH]c(-c2ccc(N3CCC(C)(C)CC3)cc2)nc1-c1ccc(Cl)cc1. The van der Waals surface area contributed by atoms with Crippen molar-refractivity contribution >= 4 is 23.3 Å². The largest absolute Gasteiger partial charge is 0.461 e. The standard InChI is InChI=1S/C25H28ClN3O2/c1-4-31-24(30)22-21(17-5-9-19(26)10-6-17)27-23(28-22)18-7-11-20(12-8-18)29-15-13-25(2,3)14-16-29/h5-12H,4,13-16H2,1-3H3,(H,27,28). The molecule has 2 heterocycles. The number of aromatic nitrogens is 2. The molecule has 2 aromatic carbocycles. The molecule has 3 aromatic rings. The molecule has 0 amide bonds. The summed E-state index contributed by atoms with van der Waals surface area (Å²) in [5, 5.41) is 0.633. The molecule has 0 saturated carbocycles. The third-order valence-electron chi connectivity index (χ3n) is 5.92. The summed E-state index contributed by atoms with van der Waals surface area (Å²) in [7, 11) is 0. The van der Waals surface area contributed by atoms with E-state index in [1.807, 2.05) is 12.1 Å². The van der Waals surface area contributed by atoms with Crippen LogP contribution < -0.4 is 4.90 Å². The van der Waals surface area contributed by atoms with Gasteiger partial charge in [-0.2, -0.15) is 0 Å². The predicted octanol–water partition coefficient (Wildman–Crippen LogP) is 6.20. The average Bonchev–Trinajstić information content (AvgIpc) is 3.20. The number of esters is 1. The van der Waals surface area contributed by atoms with E-state index < -0.39 is 5.97 Å². The molecule has 31 heavy (non-hydrogen) atoms. The molecule has 0 atom stereocenters. The summed E-state index contributed by atoms with van der Waals surface area (Å²) in [4.78, 5) is 22.9. The van der Waals surface area contributed by atoms with Crippen molar-refractivity contribution in [2.75, 3.05) is 24.6 Å². The van der Waals surface area contributed by atoms with Gasteiger partial charge in [-0.1, -0.05) is 37.6 Å². The van der Waals surface area contributed by atoms with E-state index in [1.54, 1.807) is 19.1 Å². The highest BCUT2D eigenvalue weighted by Crippen LogP contribution is 2.33. The molecule has 5 nitrogen and oxygen atoms in total. The maximum absolute atomic E-state index is 12.5. The van der Waals surface area contributed by atoms with Gasteiger partial charge in [0.15, 0.2) is 5.69 Å². The number of imidazole rings is 1. The van der Waals surface area contributed by atoms with Crippen LogP contribution in [-0.4, -0.2) is 35.6 Å². The summed E-state index contributed by atoms with van der Waals surface area (Å²) in [6, 6.07) is 15.6. The van der Waals surface area contributed by atoms with Gasteiger partial charge in [0.2, 0.25) is 0 Å². The van der Waals surface area contributed by atoms with Crippen molar-refractivity contribution in [2.24, 2.45) is 5.41 Å². The lowest BCUT2D eigenvalue weighted by Gasteiger charge is -2.38. The Bertz CT molecular complexity index is 1050.